The molecule has 0 unspecified atom stereocenters. The van der Waals surface area contributed by atoms with Crippen molar-refractivity contribution in [1.29, 1.82) is 0 Å². The molecule has 0 bridgehead atoms. The molecular formula is C15H16N2O4. The van der Waals surface area contributed by atoms with Crippen molar-refractivity contribution < 1.29 is 19.1 Å². The zero-order valence-corrected chi connectivity index (χ0v) is 12.0. The second-order valence-electron chi connectivity index (χ2n) is 4.99. The summed E-state index contributed by atoms with van der Waals surface area (Å²) in [5.74, 6) is -1.72. The number of nitrogens with zero attached hydrogens (tertiary/aromatic N) is 1. The Balaban J connectivity index is 2.34. The number of amides is 1. The number of aromatic nitrogens is 1. The molecule has 0 aliphatic carbocycles. The summed E-state index contributed by atoms with van der Waals surface area (Å²) in [6.45, 7) is 5.36. The summed E-state index contributed by atoms with van der Waals surface area (Å²) in [5, 5.41) is 11.5. The van der Waals surface area contributed by atoms with Gasteiger partial charge in [-0.1, -0.05) is 19.9 Å². The minimum Gasteiger partial charge on any atom is -0.477 e. The molecule has 0 aliphatic rings. The first-order valence-electron chi connectivity index (χ1n) is 6.50. The zero-order chi connectivity index (χ0) is 15.6. The predicted molar refractivity (Wildman–Crippen MR) is 76.8 cm³/mol. The molecule has 0 spiro atoms. The molecule has 0 fully saturated rings. The zero-order valence-electron chi connectivity index (χ0n) is 12.0. The van der Waals surface area contributed by atoms with Gasteiger partial charge in [0, 0.05) is 11.8 Å². The van der Waals surface area contributed by atoms with Crippen LogP contribution in [-0.4, -0.2) is 22.0 Å². The third kappa shape index (κ3) is 3.10. The second-order valence-corrected chi connectivity index (χ2v) is 4.99. The summed E-state index contributed by atoms with van der Waals surface area (Å²) >= 11 is 0. The highest BCUT2D eigenvalue weighted by molar-refractivity contribution is 6.02. The minimum absolute atomic E-state index is 0.00478. The molecular weight excluding hydrogens is 272 g/mol. The van der Waals surface area contributed by atoms with Crippen LogP contribution in [0, 0.1) is 12.8 Å². The second kappa shape index (κ2) is 5.78. The van der Waals surface area contributed by atoms with Gasteiger partial charge in [-0.3, -0.25) is 9.78 Å². The van der Waals surface area contributed by atoms with E-state index in [2.05, 4.69) is 10.3 Å². The Morgan fingerprint density at radius 2 is 2.14 bits per heavy atom. The van der Waals surface area contributed by atoms with Gasteiger partial charge in [-0.05, 0) is 25.0 Å². The fourth-order valence-electron chi connectivity index (χ4n) is 1.94. The van der Waals surface area contributed by atoms with E-state index >= 15 is 0 Å². The SMILES string of the molecule is Cc1c(C(=O)N/C(=C/C(C)C)C(=O)O)oc2cccnc12. The molecule has 2 rings (SSSR count). The molecule has 0 aromatic carbocycles. The molecule has 6 heteroatoms. The van der Waals surface area contributed by atoms with Crippen molar-refractivity contribution in [2.45, 2.75) is 20.8 Å². The van der Waals surface area contributed by atoms with E-state index in [9.17, 15) is 9.59 Å². The fraction of sp³-hybridized carbons (Fsp3) is 0.267. The lowest BCUT2D eigenvalue weighted by Gasteiger charge is -2.06. The fourth-order valence-corrected chi connectivity index (χ4v) is 1.94. The Hall–Kier alpha value is -2.63. The number of carboxylic acid groups (broad SMARTS) is 1. The molecule has 0 atom stereocenters. The molecule has 0 radical (unpaired) electrons. The first kappa shape index (κ1) is 14.8. The van der Waals surface area contributed by atoms with Crippen LogP contribution in [0.3, 0.4) is 0 Å². The molecule has 21 heavy (non-hydrogen) atoms. The van der Waals surface area contributed by atoms with Crippen LogP contribution in [0.15, 0.2) is 34.5 Å². The number of allylic oxidation sites excluding steroid dienone is 1. The van der Waals surface area contributed by atoms with Gasteiger partial charge in [0.2, 0.25) is 0 Å². The molecule has 2 aromatic rings. The van der Waals surface area contributed by atoms with Crippen LogP contribution in [0.25, 0.3) is 11.1 Å². The third-order valence-electron chi connectivity index (χ3n) is 2.86. The first-order chi connectivity index (χ1) is 9.90. The van der Waals surface area contributed by atoms with Crippen LogP contribution in [0.1, 0.15) is 30.0 Å². The van der Waals surface area contributed by atoms with E-state index in [1.807, 2.05) is 13.8 Å². The van der Waals surface area contributed by atoms with Crippen molar-refractivity contribution in [1.82, 2.24) is 10.3 Å². The van der Waals surface area contributed by atoms with Crippen molar-refractivity contribution in [2.75, 3.05) is 0 Å². The molecule has 1 amide bonds. The van der Waals surface area contributed by atoms with E-state index in [0.717, 1.165) is 0 Å². The Morgan fingerprint density at radius 3 is 2.71 bits per heavy atom. The molecule has 6 nitrogen and oxygen atoms in total. The van der Waals surface area contributed by atoms with Gasteiger partial charge in [0.05, 0.1) is 0 Å². The van der Waals surface area contributed by atoms with Crippen molar-refractivity contribution in [3.05, 3.63) is 41.4 Å². The highest BCUT2D eigenvalue weighted by Crippen LogP contribution is 2.23. The molecule has 2 aromatic heterocycles. The maximum Gasteiger partial charge on any atom is 0.352 e. The number of nitrogens with one attached hydrogen (secondary N) is 1. The first-order valence-corrected chi connectivity index (χ1v) is 6.50. The van der Waals surface area contributed by atoms with Gasteiger partial charge in [-0.15, -0.1) is 0 Å². The summed E-state index contributed by atoms with van der Waals surface area (Å²) in [7, 11) is 0. The number of hydrogen-bond donors (Lipinski definition) is 2. The lowest BCUT2D eigenvalue weighted by Crippen LogP contribution is -2.27. The summed E-state index contributed by atoms with van der Waals surface area (Å²) in [5.41, 5.74) is 1.50. The number of pyridine rings is 1. The third-order valence-corrected chi connectivity index (χ3v) is 2.86. The number of carboxylic acids is 1. The van der Waals surface area contributed by atoms with E-state index in [0.29, 0.717) is 16.7 Å². The van der Waals surface area contributed by atoms with Gasteiger partial charge in [0.25, 0.3) is 5.91 Å². The Bertz CT molecular complexity index is 728. The standard InChI is InChI=1S/C15H16N2O4/c1-8(2)7-10(15(19)20)17-14(18)13-9(3)12-11(21-13)5-4-6-16-12/h4-8H,1-3H3,(H,17,18)(H,19,20)/b10-7+. The van der Waals surface area contributed by atoms with E-state index < -0.39 is 11.9 Å². The molecule has 2 heterocycles. The van der Waals surface area contributed by atoms with Gasteiger partial charge >= 0.3 is 5.97 Å². The van der Waals surface area contributed by atoms with Crippen LogP contribution in [0.2, 0.25) is 0 Å². The smallest absolute Gasteiger partial charge is 0.352 e. The topological polar surface area (TPSA) is 92.4 Å². The number of hydrogen-bond acceptors (Lipinski definition) is 4. The van der Waals surface area contributed by atoms with Crippen LogP contribution in [0.4, 0.5) is 0 Å². The summed E-state index contributed by atoms with van der Waals surface area (Å²) in [4.78, 5) is 27.5. The van der Waals surface area contributed by atoms with Gasteiger partial charge < -0.3 is 14.8 Å². The van der Waals surface area contributed by atoms with Crippen molar-refractivity contribution in [3.63, 3.8) is 0 Å². The van der Waals surface area contributed by atoms with Crippen LogP contribution < -0.4 is 5.32 Å². The minimum atomic E-state index is -1.19. The maximum atomic E-state index is 12.2. The van der Waals surface area contributed by atoms with E-state index in [4.69, 9.17) is 9.52 Å². The molecule has 110 valence electrons. The quantitative estimate of drug-likeness (QED) is 0.843. The highest BCUT2D eigenvalue weighted by atomic mass is 16.4. The lowest BCUT2D eigenvalue weighted by molar-refractivity contribution is -0.133. The summed E-state index contributed by atoms with van der Waals surface area (Å²) in [6, 6.07) is 3.41. The highest BCUT2D eigenvalue weighted by Gasteiger charge is 2.21. The number of fused-ring (bicyclic) bond motifs is 1. The number of aryl methyl sites for hydroxylation is 1. The van der Waals surface area contributed by atoms with E-state index in [1.165, 1.54) is 6.08 Å². The number of carbonyl (C=O) groups excluding carboxylic acids is 1. The van der Waals surface area contributed by atoms with E-state index in [-0.39, 0.29) is 17.4 Å². The number of aliphatic carboxylic acids is 1. The number of carbonyl (C=O) groups is 2. The molecule has 0 saturated heterocycles. The predicted octanol–water partition coefficient (Wildman–Crippen LogP) is 2.49. The Labute approximate surface area is 121 Å². The Morgan fingerprint density at radius 1 is 1.43 bits per heavy atom. The molecule has 0 aliphatic heterocycles. The summed E-state index contributed by atoms with van der Waals surface area (Å²) < 4.78 is 5.45. The summed E-state index contributed by atoms with van der Waals surface area (Å²) in [6.07, 6.45) is 3.07. The monoisotopic (exact) mass is 288 g/mol. The normalized spacial score (nSPS) is 11.9. The van der Waals surface area contributed by atoms with Crippen molar-refractivity contribution in [2.24, 2.45) is 5.92 Å². The number of furan rings is 1. The lowest BCUT2D eigenvalue weighted by atomic mass is 10.1. The molecule has 2 N–H and O–H groups in total. The average Bonchev–Trinajstić information content (AvgIpc) is 2.75. The van der Waals surface area contributed by atoms with Crippen LogP contribution in [-0.2, 0) is 4.79 Å². The van der Waals surface area contributed by atoms with Gasteiger partial charge in [0.15, 0.2) is 11.3 Å². The van der Waals surface area contributed by atoms with Crippen LogP contribution in [0.5, 0.6) is 0 Å². The van der Waals surface area contributed by atoms with Crippen LogP contribution >= 0.6 is 0 Å². The number of rotatable bonds is 4. The molecule has 0 saturated carbocycles. The van der Waals surface area contributed by atoms with Gasteiger partial charge in [-0.25, -0.2) is 4.79 Å². The maximum absolute atomic E-state index is 12.2. The Kier molecular flexibility index (Phi) is 4.07. The van der Waals surface area contributed by atoms with E-state index in [1.54, 1.807) is 25.3 Å². The van der Waals surface area contributed by atoms with Gasteiger partial charge in [0.1, 0.15) is 11.2 Å². The van der Waals surface area contributed by atoms with Crippen molar-refractivity contribution >= 4 is 23.0 Å². The van der Waals surface area contributed by atoms with Gasteiger partial charge in [-0.2, -0.15) is 0 Å². The average molecular weight is 288 g/mol. The largest absolute Gasteiger partial charge is 0.477 e. The van der Waals surface area contributed by atoms with Crippen molar-refractivity contribution in [3.8, 4) is 0 Å².